The molecule has 0 aliphatic carbocycles. The zero-order valence-corrected chi connectivity index (χ0v) is 14.1. The van der Waals surface area contributed by atoms with Crippen molar-refractivity contribution in [3.63, 3.8) is 0 Å². The molecule has 0 spiro atoms. The Morgan fingerprint density at radius 1 is 1.04 bits per heavy atom. The Hall–Kier alpha value is -2.31. The van der Waals surface area contributed by atoms with E-state index in [0.29, 0.717) is 17.9 Å². The van der Waals surface area contributed by atoms with Gasteiger partial charge in [0.25, 0.3) is 0 Å². The Morgan fingerprint density at radius 2 is 1.78 bits per heavy atom. The normalized spacial score (nSPS) is 9.96. The predicted molar refractivity (Wildman–Crippen MR) is 99.1 cm³/mol. The van der Waals surface area contributed by atoms with Gasteiger partial charge in [0.1, 0.15) is 5.82 Å². The molecule has 23 heavy (non-hydrogen) atoms. The number of nitrogens with two attached hydrogens (primary N) is 3. The summed E-state index contributed by atoms with van der Waals surface area (Å²) in [5, 5.41) is 1.04. The van der Waals surface area contributed by atoms with Crippen LogP contribution < -0.4 is 17.2 Å². The summed E-state index contributed by atoms with van der Waals surface area (Å²) in [5.41, 5.74) is 22.0. The average Bonchev–Trinajstić information content (AvgIpc) is 2.43. The number of pyridine rings is 1. The number of halogens is 2. The number of aromatic nitrogens is 3. The molecule has 6 N–H and O–H groups in total. The van der Waals surface area contributed by atoms with Crippen LogP contribution in [-0.4, -0.2) is 15.0 Å². The van der Waals surface area contributed by atoms with Gasteiger partial charge in [0.2, 0.25) is 5.95 Å². The first kappa shape index (κ1) is 18.7. The van der Waals surface area contributed by atoms with Crippen molar-refractivity contribution in [2.75, 3.05) is 17.2 Å². The lowest BCUT2D eigenvalue weighted by Crippen LogP contribution is -2.04. The first-order valence-electron chi connectivity index (χ1n) is 6.55. The second-order valence-corrected chi connectivity index (χ2v) is 5.02. The van der Waals surface area contributed by atoms with Crippen LogP contribution in [0.5, 0.6) is 0 Å². The van der Waals surface area contributed by atoms with Crippen LogP contribution in [0.25, 0.3) is 10.9 Å². The van der Waals surface area contributed by atoms with E-state index in [9.17, 15) is 0 Å². The topological polar surface area (TPSA) is 117 Å². The van der Waals surface area contributed by atoms with E-state index in [0.717, 1.165) is 27.6 Å². The minimum absolute atomic E-state index is 0. The van der Waals surface area contributed by atoms with Gasteiger partial charge in [0.15, 0.2) is 0 Å². The summed E-state index contributed by atoms with van der Waals surface area (Å²) >= 11 is 0. The van der Waals surface area contributed by atoms with Crippen molar-refractivity contribution >= 4 is 53.2 Å². The highest BCUT2D eigenvalue weighted by Gasteiger charge is 2.08. The maximum atomic E-state index is 6.10. The van der Waals surface area contributed by atoms with Crippen LogP contribution in [0, 0.1) is 6.92 Å². The van der Waals surface area contributed by atoms with E-state index in [1.54, 1.807) is 12.4 Å². The van der Waals surface area contributed by atoms with Crippen LogP contribution in [0.4, 0.5) is 17.5 Å². The molecule has 0 bridgehead atoms. The zero-order chi connectivity index (χ0) is 15.0. The van der Waals surface area contributed by atoms with E-state index >= 15 is 0 Å². The lowest BCUT2D eigenvalue weighted by Gasteiger charge is -2.09. The molecule has 0 fully saturated rings. The molecule has 122 valence electrons. The minimum atomic E-state index is 0. The van der Waals surface area contributed by atoms with Gasteiger partial charge in [0, 0.05) is 29.8 Å². The predicted octanol–water partition coefficient (Wildman–Crippen LogP) is 2.51. The van der Waals surface area contributed by atoms with Gasteiger partial charge in [-0.3, -0.25) is 4.98 Å². The molecule has 1 aromatic carbocycles. The van der Waals surface area contributed by atoms with E-state index in [4.69, 9.17) is 17.2 Å². The number of nitrogen functional groups attached to an aromatic ring is 3. The molecule has 3 aromatic rings. The summed E-state index contributed by atoms with van der Waals surface area (Å²) in [6, 6.07) is 5.95. The second-order valence-electron chi connectivity index (χ2n) is 5.02. The van der Waals surface area contributed by atoms with E-state index in [-0.39, 0.29) is 30.8 Å². The Bertz CT molecular complexity index is 838. The molecule has 2 heterocycles. The molecule has 0 saturated carbocycles. The summed E-state index contributed by atoms with van der Waals surface area (Å²) in [6.45, 7) is 2.04. The SMILES string of the molecule is Cc1ccnc2c(N)cc(Cc3cnc(N)nc3N)cc12.Cl.Cl. The number of anilines is 3. The summed E-state index contributed by atoms with van der Waals surface area (Å²) in [7, 11) is 0. The lowest BCUT2D eigenvalue weighted by atomic mass is 10.0. The smallest absolute Gasteiger partial charge is 0.221 e. The third-order valence-electron chi connectivity index (χ3n) is 3.46. The van der Waals surface area contributed by atoms with Gasteiger partial charge in [-0.05, 0) is 36.2 Å². The fourth-order valence-electron chi connectivity index (χ4n) is 2.37. The molecule has 0 radical (unpaired) electrons. The molecular formula is C15H18Cl2N6. The molecule has 0 amide bonds. The molecular weight excluding hydrogens is 335 g/mol. The maximum absolute atomic E-state index is 6.10. The van der Waals surface area contributed by atoms with Crippen molar-refractivity contribution in [2.24, 2.45) is 0 Å². The van der Waals surface area contributed by atoms with Crippen LogP contribution in [0.15, 0.2) is 30.6 Å². The van der Waals surface area contributed by atoms with Crippen LogP contribution >= 0.6 is 24.8 Å². The average molecular weight is 353 g/mol. The summed E-state index contributed by atoms with van der Waals surface area (Å²) in [6.07, 6.45) is 4.01. The van der Waals surface area contributed by atoms with E-state index in [1.165, 1.54) is 0 Å². The number of hydrogen-bond acceptors (Lipinski definition) is 6. The molecule has 0 saturated heterocycles. The first-order valence-corrected chi connectivity index (χ1v) is 6.55. The van der Waals surface area contributed by atoms with Gasteiger partial charge in [-0.25, -0.2) is 4.98 Å². The van der Waals surface area contributed by atoms with Gasteiger partial charge in [-0.15, -0.1) is 24.8 Å². The monoisotopic (exact) mass is 352 g/mol. The van der Waals surface area contributed by atoms with E-state index in [1.807, 2.05) is 19.1 Å². The summed E-state index contributed by atoms with van der Waals surface area (Å²) in [5.74, 6) is 0.568. The van der Waals surface area contributed by atoms with Gasteiger partial charge in [-0.2, -0.15) is 4.98 Å². The molecule has 0 aliphatic heterocycles. The van der Waals surface area contributed by atoms with E-state index < -0.39 is 0 Å². The Morgan fingerprint density at radius 3 is 2.48 bits per heavy atom. The molecule has 3 rings (SSSR count). The van der Waals surface area contributed by atoms with Gasteiger partial charge < -0.3 is 17.2 Å². The third-order valence-corrected chi connectivity index (χ3v) is 3.46. The Kier molecular flexibility index (Phi) is 5.95. The van der Waals surface area contributed by atoms with Crippen molar-refractivity contribution < 1.29 is 0 Å². The van der Waals surface area contributed by atoms with Gasteiger partial charge in [0.05, 0.1) is 11.2 Å². The van der Waals surface area contributed by atoms with Crippen LogP contribution in [0.2, 0.25) is 0 Å². The maximum Gasteiger partial charge on any atom is 0.221 e. The van der Waals surface area contributed by atoms with Gasteiger partial charge in [-0.1, -0.05) is 0 Å². The number of hydrogen-bond donors (Lipinski definition) is 3. The highest BCUT2D eigenvalue weighted by molar-refractivity contribution is 5.92. The number of fused-ring (bicyclic) bond motifs is 1. The fourth-order valence-corrected chi connectivity index (χ4v) is 2.37. The Labute approximate surface area is 146 Å². The molecule has 0 aliphatic rings. The highest BCUT2D eigenvalue weighted by Crippen LogP contribution is 2.26. The van der Waals surface area contributed by atoms with E-state index in [2.05, 4.69) is 21.0 Å². The molecule has 0 unspecified atom stereocenters. The molecule has 2 aromatic heterocycles. The standard InChI is InChI=1S/C15H16N6.2ClH/c1-8-2-3-19-13-11(8)5-9(6-12(13)16)4-10-7-20-15(18)21-14(10)17;;/h2-3,5-7H,4,16H2,1H3,(H4,17,18,20,21);2*1H. The zero-order valence-electron chi connectivity index (χ0n) is 12.5. The number of aryl methyl sites for hydroxylation is 1. The number of rotatable bonds is 2. The molecule has 0 atom stereocenters. The Balaban J connectivity index is 0.00000132. The minimum Gasteiger partial charge on any atom is -0.397 e. The van der Waals surface area contributed by atoms with Gasteiger partial charge >= 0.3 is 0 Å². The largest absolute Gasteiger partial charge is 0.397 e. The quantitative estimate of drug-likeness (QED) is 0.610. The van der Waals surface area contributed by atoms with Crippen molar-refractivity contribution in [3.8, 4) is 0 Å². The number of nitrogens with zero attached hydrogens (tertiary/aromatic N) is 3. The number of benzene rings is 1. The summed E-state index contributed by atoms with van der Waals surface area (Å²) in [4.78, 5) is 12.3. The highest BCUT2D eigenvalue weighted by atomic mass is 35.5. The summed E-state index contributed by atoms with van der Waals surface area (Å²) < 4.78 is 0. The van der Waals surface area contributed by atoms with Crippen LogP contribution in [-0.2, 0) is 6.42 Å². The second kappa shape index (κ2) is 7.30. The van der Waals surface area contributed by atoms with Crippen LogP contribution in [0.1, 0.15) is 16.7 Å². The van der Waals surface area contributed by atoms with Crippen LogP contribution in [0.3, 0.4) is 0 Å². The lowest BCUT2D eigenvalue weighted by molar-refractivity contribution is 1.09. The molecule has 8 heteroatoms. The van der Waals surface area contributed by atoms with Crippen molar-refractivity contribution in [1.82, 2.24) is 15.0 Å². The molecule has 6 nitrogen and oxygen atoms in total. The van der Waals surface area contributed by atoms with Crippen molar-refractivity contribution in [1.29, 1.82) is 0 Å². The third kappa shape index (κ3) is 3.72. The van der Waals surface area contributed by atoms with Crippen molar-refractivity contribution in [2.45, 2.75) is 13.3 Å². The first-order chi connectivity index (χ1) is 10.0. The fraction of sp³-hybridized carbons (Fsp3) is 0.133. The van der Waals surface area contributed by atoms with Crippen molar-refractivity contribution in [3.05, 3.63) is 47.3 Å².